The first kappa shape index (κ1) is 20.9. The van der Waals surface area contributed by atoms with E-state index in [9.17, 15) is 9.59 Å². The van der Waals surface area contributed by atoms with E-state index in [1.165, 1.54) is 0 Å². The predicted molar refractivity (Wildman–Crippen MR) is 120 cm³/mol. The maximum absolute atomic E-state index is 13.5. The second-order valence-corrected chi connectivity index (χ2v) is 9.38. The second-order valence-electron chi connectivity index (χ2n) is 8.39. The summed E-state index contributed by atoms with van der Waals surface area (Å²) in [5, 5.41) is 3.30. The highest BCUT2D eigenvalue weighted by molar-refractivity contribution is 7.98. The minimum atomic E-state index is -0.351. The van der Waals surface area contributed by atoms with Crippen molar-refractivity contribution in [2.24, 2.45) is 5.92 Å². The summed E-state index contributed by atoms with van der Waals surface area (Å²) in [6.45, 7) is 5.91. The van der Waals surface area contributed by atoms with Gasteiger partial charge < -0.3 is 14.8 Å². The summed E-state index contributed by atoms with van der Waals surface area (Å²) in [6, 6.07) is 7.06. The number of carbonyl (C=O) groups is 1. The van der Waals surface area contributed by atoms with E-state index in [1.54, 1.807) is 17.8 Å². The first-order valence-electron chi connectivity index (χ1n) is 10.5. The third-order valence-corrected chi connectivity index (χ3v) is 6.63. The number of carbonyl (C=O) groups excluding carboxylic acids is 1. The lowest BCUT2D eigenvalue weighted by Gasteiger charge is -2.43. The largest absolute Gasteiger partial charge is 0.342 e. The summed E-state index contributed by atoms with van der Waals surface area (Å²) in [4.78, 5) is 36.7. The molecule has 8 heteroatoms. The zero-order valence-corrected chi connectivity index (χ0v) is 18.6. The fourth-order valence-electron chi connectivity index (χ4n) is 4.74. The molecule has 3 atom stereocenters. The number of aromatic nitrogens is 3. The van der Waals surface area contributed by atoms with Crippen LogP contribution in [0.25, 0.3) is 0 Å². The van der Waals surface area contributed by atoms with Gasteiger partial charge in [0.05, 0.1) is 0 Å². The number of amides is 1. The van der Waals surface area contributed by atoms with Crippen LogP contribution in [0.15, 0.2) is 29.1 Å². The second kappa shape index (κ2) is 8.79. The van der Waals surface area contributed by atoms with Crippen LogP contribution >= 0.6 is 11.8 Å². The number of hydrogen-bond donors (Lipinski definition) is 1. The molecule has 1 amide bonds. The van der Waals surface area contributed by atoms with Crippen LogP contribution in [-0.4, -0.2) is 56.5 Å². The molecule has 4 rings (SSSR count). The van der Waals surface area contributed by atoms with Gasteiger partial charge in [-0.1, -0.05) is 6.07 Å². The maximum Gasteiger partial charge on any atom is 0.250 e. The zero-order valence-electron chi connectivity index (χ0n) is 17.8. The maximum atomic E-state index is 13.5. The van der Waals surface area contributed by atoms with Crippen LogP contribution in [0, 0.1) is 19.8 Å². The van der Waals surface area contributed by atoms with E-state index >= 15 is 0 Å². The van der Waals surface area contributed by atoms with Gasteiger partial charge in [0.2, 0.25) is 11.9 Å². The molecule has 2 aromatic rings. The molecule has 30 heavy (non-hydrogen) atoms. The Bertz CT molecular complexity index is 971. The van der Waals surface area contributed by atoms with Crippen molar-refractivity contribution in [3.8, 4) is 0 Å². The van der Waals surface area contributed by atoms with E-state index in [0.29, 0.717) is 31.5 Å². The fourth-order valence-corrected chi connectivity index (χ4v) is 5.21. The smallest absolute Gasteiger partial charge is 0.250 e. The van der Waals surface area contributed by atoms with Gasteiger partial charge in [-0.05, 0) is 56.7 Å². The first-order valence-corrected chi connectivity index (χ1v) is 11.9. The summed E-state index contributed by atoms with van der Waals surface area (Å²) in [6.07, 6.45) is 3.81. The topological polar surface area (TPSA) is 80.1 Å². The van der Waals surface area contributed by atoms with Crippen molar-refractivity contribution in [1.82, 2.24) is 19.4 Å². The number of fused-ring (bicyclic) bond motifs is 4. The number of piperidine rings is 1. The van der Waals surface area contributed by atoms with Gasteiger partial charge in [-0.15, -0.1) is 0 Å². The Hall–Kier alpha value is -2.35. The van der Waals surface area contributed by atoms with E-state index < -0.39 is 0 Å². The SMILES string of the molecule is CSCCC(Nc1nc(C)cc(C)n1)C(=O)N1C[C@H]2C[C@@H](C1)c1cccc(=O)n1C2. The molecule has 1 fully saturated rings. The first-order chi connectivity index (χ1) is 14.4. The summed E-state index contributed by atoms with van der Waals surface area (Å²) in [7, 11) is 0. The molecule has 7 nitrogen and oxygen atoms in total. The van der Waals surface area contributed by atoms with Crippen LogP contribution in [0.4, 0.5) is 5.95 Å². The van der Waals surface area contributed by atoms with Crippen LogP contribution in [0.3, 0.4) is 0 Å². The van der Waals surface area contributed by atoms with Crippen molar-refractivity contribution in [2.45, 2.75) is 45.2 Å². The van der Waals surface area contributed by atoms with Crippen LogP contribution in [0.1, 0.15) is 35.8 Å². The number of likely N-dealkylation sites (tertiary alicyclic amines) is 1. The molecule has 1 saturated heterocycles. The molecule has 2 aromatic heterocycles. The number of anilines is 1. The molecule has 2 aliphatic rings. The van der Waals surface area contributed by atoms with Crippen molar-refractivity contribution in [3.63, 3.8) is 0 Å². The summed E-state index contributed by atoms with van der Waals surface area (Å²) in [5.41, 5.74) is 2.89. The van der Waals surface area contributed by atoms with Crippen LogP contribution in [-0.2, 0) is 11.3 Å². The van der Waals surface area contributed by atoms with Gasteiger partial charge >= 0.3 is 0 Å². The number of pyridine rings is 1. The molecular formula is C22H29N5O2S. The number of nitrogens with zero attached hydrogens (tertiary/aromatic N) is 4. The molecule has 1 unspecified atom stereocenters. The van der Waals surface area contributed by atoms with E-state index in [1.807, 2.05) is 41.5 Å². The van der Waals surface area contributed by atoms with E-state index in [2.05, 4.69) is 21.5 Å². The Morgan fingerprint density at radius 3 is 2.73 bits per heavy atom. The quantitative estimate of drug-likeness (QED) is 0.763. The minimum Gasteiger partial charge on any atom is -0.342 e. The molecule has 0 radical (unpaired) electrons. The zero-order chi connectivity index (χ0) is 21.3. The highest BCUT2D eigenvalue weighted by Crippen LogP contribution is 2.35. The number of hydrogen-bond acceptors (Lipinski definition) is 6. The third kappa shape index (κ3) is 4.38. The Labute approximate surface area is 181 Å². The molecule has 0 saturated carbocycles. The van der Waals surface area contributed by atoms with Crippen molar-refractivity contribution >= 4 is 23.6 Å². The minimum absolute atomic E-state index is 0.0634. The number of rotatable bonds is 6. The van der Waals surface area contributed by atoms with Crippen LogP contribution in [0.2, 0.25) is 0 Å². The lowest BCUT2D eigenvalue weighted by Crippen LogP contribution is -2.53. The fraction of sp³-hybridized carbons (Fsp3) is 0.545. The molecule has 0 spiro atoms. The lowest BCUT2D eigenvalue weighted by atomic mass is 9.83. The van der Waals surface area contributed by atoms with Gasteiger partial charge in [-0.2, -0.15) is 11.8 Å². The molecule has 0 aromatic carbocycles. The lowest BCUT2D eigenvalue weighted by molar-refractivity contribution is -0.134. The van der Waals surface area contributed by atoms with E-state index in [4.69, 9.17) is 0 Å². The van der Waals surface area contributed by atoms with Gasteiger partial charge in [0.1, 0.15) is 6.04 Å². The van der Waals surface area contributed by atoms with Gasteiger partial charge in [-0.3, -0.25) is 9.59 Å². The average molecular weight is 428 g/mol. The van der Waals surface area contributed by atoms with Gasteiger partial charge in [0.25, 0.3) is 5.56 Å². The van der Waals surface area contributed by atoms with Crippen LogP contribution < -0.4 is 10.9 Å². The van der Waals surface area contributed by atoms with E-state index in [-0.39, 0.29) is 23.4 Å². The van der Waals surface area contributed by atoms with Crippen molar-refractivity contribution in [1.29, 1.82) is 0 Å². The van der Waals surface area contributed by atoms with Crippen molar-refractivity contribution in [2.75, 3.05) is 30.4 Å². The Balaban J connectivity index is 1.54. The highest BCUT2D eigenvalue weighted by Gasteiger charge is 2.38. The summed E-state index contributed by atoms with van der Waals surface area (Å²) >= 11 is 1.73. The van der Waals surface area contributed by atoms with Crippen LogP contribution in [0.5, 0.6) is 0 Å². The number of thioether (sulfide) groups is 1. The van der Waals surface area contributed by atoms with Crippen molar-refractivity contribution < 1.29 is 4.79 Å². The third-order valence-electron chi connectivity index (χ3n) is 5.99. The van der Waals surface area contributed by atoms with Gasteiger partial charge in [-0.25, -0.2) is 9.97 Å². The molecular weight excluding hydrogens is 398 g/mol. The standard InChI is InChI=1S/C22H29N5O2S/c1-14-9-15(2)24-22(23-14)25-18(7-8-30-3)21(29)26-11-16-10-17(13-26)19-5-4-6-20(28)27(19)12-16/h4-6,9,16-18H,7-8,10-13H2,1-3H3,(H,23,24,25)/t16-,17+,18?/m1/s1. The number of aryl methyl sites for hydroxylation is 2. The van der Waals surface area contributed by atoms with Crippen molar-refractivity contribution in [3.05, 3.63) is 51.7 Å². The number of nitrogens with one attached hydrogen (secondary N) is 1. The average Bonchev–Trinajstić information content (AvgIpc) is 2.70. The van der Waals surface area contributed by atoms with Gasteiger partial charge in [0.15, 0.2) is 0 Å². The Kier molecular flexibility index (Phi) is 6.13. The molecule has 2 aliphatic heterocycles. The molecule has 0 aliphatic carbocycles. The molecule has 2 bridgehead atoms. The molecule has 160 valence electrons. The monoisotopic (exact) mass is 427 g/mol. The highest BCUT2D eigenvalue weighted by atomic mass is 32.2. The molecule has 1 N–H and O–H groups in total. The van der Waals surface area contributed by atoms with Gasteiger partial charge in [0, 0.05) is 48.7 Å². The van der Waals surface area contributed by atoms with E-state index in [0.717, 1.165) is 35.7 Å². The predicted octanol–water partition coefficient (Wildman–Crippen LogP) is 2.43. The summed E-state index contributed by atoms with van der Waals surface area (Å²) in [5.74, 6) is 2.04. The summed E-state index contributed by atoms with van der Waals surface area (Å²) < 4.78 is 1.90. The normalized spacial score (nSPS) is 21.1. The molecule has 4 heterocycles. The Morgan fingerprint density at radius 1 is 1.23 bits per heavy atom. The Morgan fingerprint density at radius 2 is 2.00 bits per heavy atom.